The zero-order chi connectivity index (χ0) is 33.0. The Hall–Kier alpha value is -4.20. The van der Waals surface area contributed by atoms with Crippen LogP contribution in [-0.4, -0.2) is 36.4 Å². The summed E-state index contributed by atoms with van der Waals surface area (Å²) < 4.78 is 20.2. The predicted octanol–water partition coefficient (Wildman–Crippen LogP) is 8.86. The fourth-order valence-electron chi connectivity index (χ4n) is 9.24. The highest BCUT2D eigenvalue weighted by Crippen LogP contribution is 2.59. The molecule has 4 saturated carbocycles. The van der Waals surface area contributed by atoms with Crippen molar-refractivity contribution in [3.05, 3.63) is 108 Å². The van der Waals surface area contributed by atoms with Crippen molar-refractivity contribution in [2.24, 2.45) is 23.7 Å². The minimum Gasteiger partial charge on any atom is -0.496 e. The SMILES string of the molecule is COc1ccc(-[s+]2c3ccccc3c3ccccc32)cc1C(C(=O)OCC(=O)OC1(C)C2CC3CC(C2)CC1C3)C(O)c1ccccc1. The molecule has 2 atom stereocenters. The lowest BCUT2D eigenvalue weighted by Crippen LogP contribution is -2.58. The summed E-state index contributed by atoms with van der Waals surface area (Å²) in [7, 11) is 1.12. The molecule has 4 aliphatic rings. The molecule has 5 aromatic rings. The van der Waals surface area contributed by atoms with E-state index in [1.165, 1.54) is 26.6 Å². The van der Waals surface area contributed by atoms with Crippen LogP contribution in [0.2, 0.25) is 0 Å². The van der Waals surface area contributed by atoms with E-state index < -0.39 is 46.6 Å². The molecule has 4 fully saturated rings. The van der Waals surface area contributed by atoms with Gasteiger partial charge in [-0.05, 0) is 98.6 Å². The first-order valence-electron chi connectivity index (χ1n) is 17.1. The molecule has 6 nitrogen and oxygen atoms in total. The Morgan fingerprint density at radius 1 is 0.812 bits per heavy atom. The molecule has 0 radical (unpaired) electrons. The van der Waals surface area contributed by atoms with Crippen LogP contribution in [0.3, 0.4) is 0 Å². The zero-order valence-electron chi connectivity index (χ0n) is 27.3. The lowest BCUT2D eigenvalue weighted by Gasteiger charge is -2.59. The van der Waals surface area contributed by atoms with Crippen LogP contribution in [0.4, 0.5) is 0 Å². The highest BCUT2D eigenvalue weighted by Gasteiger charge is 2.57. The molecule has 4 aliphatic carbocycles. The molecular weight excluding hydrogens is 621 g/mol. The first-order valence-corrected chi connectivity index (χ1v) is 18.3. The first kappa shape index (κ1) is 31.1. The molecule has 1 aromatic heterocycles. The van der Waals surface area contributed by atoms with Gasteiger partial charge >= 0.3 is 11.9 Å². The van der Waals surface area contributed by atoms with Gasteiger partial charge in [0.2, 0.25) is 0 Å². The van der Waals surface area contributed by atoms with Gasteiger partial charge in [-0.1, -0.05) is 54.6 Å². The Balaban J connectivity index is 1.13. The summed E-state index contributed by atoms with van der Waals surface area (Å²) in [4.78, 5) is 28.5. The summed E-state index contributed by atoms with van der Waals surface area (Å²) >= 11 is 0. The van der Waals surface area contributed by atoms with E-state index in [1.807, 2.05) is 36.4 Å². The van der Waals surface area contributed by atoms with E-state index >= 15 is 0 Å². The van der Waals surface area contributed by atoms with Crippen molar-refractivity contribution in [2.45, 2.75) is 56.7 Å². The molecule has 48 heavy (non-hydrogen) atoms. The molecule has 0 amide bonds. The summed E-state index contributed by atoms with van der Waals surface area (Å²) in [5.41, 5.74) is 0.549. The van der Waals surface area contributed by atoms with Crippen LogP contribution in [0.1, 0.15) is 62.2 Å². The second kappa shape index (κ2) is 12.4. The van der Waals surface area contributed by atoms with E-state index in [0.29, 0.717) is 28.7 Å². The third kappa shape index (κ3) is 5.28. The van der Waals surface area contributed by atoms with E-state index in [2.05, 4.69) is 55.5 Å². The third-order valence-electron chi connectivity index (χ3n) is 11.4. The number of rotatable bonds is 9. The van der Waals surface area contributed by atoms with E-state index in [1.54, 1.807) is 19.2 Å². The number of fused-ring (bicyclic) bond motifs is 3. The molecule has 4 aromatic carbocycles. The Morgan fingerprint density at radius 3 is 2.00 bits per heavy atom. The number of aliphatic hydroxyl groups excluding tert-OH is 1. The number of carbonyl (C=O) groups excluding carboxylic acids is 2. The van der Waals surface area contributed by atoms with Gasteiger partial charge in [-0.25, -0.2) is 4.79 Å². The second-order valence-electron chi connectivity index (χ2n) is 14.1. The van der Waals surface area contributed by atoms with Gasteiger partial charge in [0, 0.05) is 38.9 Å². The van der Waals surface area contributed by atoms with Gasteiger partial charge in [0.05, 0.1) is 13.2 Å². The number of aliphatic hydroxyl groups is 1. The predicted molar refractivity (Wildman–Crippen MR) is 188 cm³/mol. The maximum atomic E-state index is 14.1. The van der Waals surface area contributed by atoms with Crippen LogP contribution in [0, 0.1) is 23.7 Å². The van der Waals surface area contributed by atoms with Crippen LogP contribution in [0.5, 0.6) is 5.75 Å². The monoisotopic (exact) mass is 661 g/mol. The Labute approximate surface area is 283 Å². The topological polar surface area (TPSA) is 82.1 Å². The van der Waals surface area contributed by atoms with Crippen LogP contribution < -0.4 is 4.74 Å². The van der Waals surface area contributed by atoms with Crippen molar-refractivity contribution in [2.75, 3.05) is 13.7 Å². The number of esters is 2. The lowest BCUT2D eigenvalue weighted by atomic mass is 9.50. The summed E-state index contributed by atoms with van der Waals surface area (Å²) in [6, 6.07) is 31.8. The van der Waals surface area contributed by atoms with Crippen LogP contribution in [0.15, 0.2) is 97.1 Å². The molecule has 246 valence electrons. The molecule has 0 aliphatic heterocycles. The number of methoxy groups -OCH3 is 1. The number of ether oxygens (including phenoxy) is 3. The second-order valence-corrected chi connectivity index (χ2v) is 16.1. The van der Waals surface area contributed by atoms with Crippen molar-refractivity contribution < 1.29 is 28.9 Å². The Morgan fingerprint density at radius 2 is 1.40 bits per heavy atom. The average molecular weight is 662 g/mol. The minimum absolute atomic E-state index is 0.361. The Kier molecular flexibility index (Phi) is 8.00. The molecule has 1 N–H and O–H groups in total. The first-order chi connectivity index (χ1) is 23.3. The molecule has 0 spiro atoms. The molecule has 0 saturated heterocycles. The van der Waals surface area contributed by atoms with Gasteiger partial charge in [-0.3, -0.25) is 4.79 Å². The molecule has 7 heteroatoms. The number of hydrogen-bond acceptors (Lipinski definition) is 6. The minimum atomic E-state index is -1.24. The largest absolute Gasteiger partial charge is 0.496 e. The van der Waals surface area contributed by atoms with Crippen LogP contribution >= 0.6 is 10.5 Å². The Bertz CT molecular complexity index is 1920. The van der Waals surface area contributed by atoms with Gasteiger partial charge in [0.1, 0.15) is 17.3 Å². The van der Waals surface area contributed by atoms with Crippen LogP contribution in [-0.2, 0) is 19.1 Å². The summed E-state index contributed by atoms with van der Waals surface area (Å²) in [5, 5.41) is 14.2. The third-order valence-corrected chi connectivity index (χ3v) is 13.7. The highest BCUT2D eigenvalue weighted by molar-refractivity contribution is 7.50. The smallest absolute Gasteiger partial charge is 0.344 e. The molecule has 1 heterocycles. The molecule has 4 bridgehead atoms. The van der Waals surface area contributed by atoms with Gasteiger partial charge in [-0.15, -0.1) is 0 Å². The summed E-state index contributed by atoms with van der Waals surface area (Å²) in [6.07, 6.45) is 4.49. The van der Waals surface area contributed by atoms with Gasteiger partial charge in [0.25, 0.3) is 0 Å². The standard InChI is InChI=1S/C41H41O6S/c1-41(28-19-25-18-26(21-28)22-29(41)20-25)47-37(42)24-46-40(44)38(39(43)27-10-4-3-5-11-27)33-23-30(16-17-34(33)45-2)48-35-14-8-6-12-31(35)32-13-7-9-15-36(32)48/h3-17,23,25-26,28-29,38-39,43H,18-22,24H2,1-2H3/q+1. The van der Waals surface area contributed by atoms with Gasteiger partial charge in [0.15, 0.2) is 20.9 Å². The number of thiophene rings is 1. The van der Waals surface area contributed by atoms with Crippen molar-refractivity contribution >= 4 is 42.6 Å². The zero-order valence-corrected chi connectivity index (χ0v) is 28.2. The average Bonchev–Trinajstić information content (AvgIpc) is 3.44. The normalized spacial score (nSPS) is 25.6. The van der Waals surface area contributed by atoms with Gasteiger partial charge in [-0.2, -0.15) is 0 Å². The number of benzene rings is 4. The van der Waals surface area contributed by atoms with Crippen molar-refractivity contribution in [3.8, 4) is 10.6 Å². The maximum absolute atomic E-state index is 14.1. The summed E-state index contributed by atoms with van der Waals surface area (Å²) in [6.45, 7) is 1.57. The van der Waals surface area contributed by atoms with Crippen molar-refractivity contribution in [1.29, 1.82) is 0 Å². The molecule has 2 unspecified atom stereocenters. The van der Waals surface area contributed by atoms with E-state index in [9.17, 15) is 14.7 Å². The van der Waals surface area contributed by atoms with E-state index in [4.69, 9.17) is 14.2 Å². The van der Waals surface area contributed by atoms with Crippen molar-refractivity contribution in [1.82, 2.24) is 0 Å². The number of hydrogen-bond donors (Lipinski definition) is 1. The fraction of sp³-hybridized carbons (Fsp3) is 0.366. The highest BCUT2D eigenvalue weighted by atomic mass is 32.2. The number of carbonyl (C=O) groups is 2. The van der Waals surface area contributed by atoms with E-state index in [0.717, 1.165) is 42.4 Å². The van der Waals surface area contributed by atoms with E-state index in [-0.39, 0.29) is 0 Å². The quantitative estimate of drug-likeness (QED) is 0.126. The molecular formula is C41H41O6S+. The summed E-state index contributed by atoms with van der Waals surface area (Å²) in [5.74, 6) is 0.286. The van der Waals surface area contributed by atoms with Crippen molar-refractivity contribution in [3.63, 3.8) is 0 Å². The van der Waals surface area contributed by atoms with Crippen LogP contribution in [0.25, 0.3) is 25.1 Å². The van der Waals surface area contributed by atoms with Gasteiger partial charge < -0.3 is 19.3 Å². The lowest BCUT2D eigenvalue weighted by molar-refractivity contribution is -0.207. The fourth-order valence-corrected chi connectivity index (χ4v) is 11.7. The maximum Gasteiger partial charge on any atom is 0.344 e. The molecule has 9 rings (SSSR count).